The summed E-state index contributed by atoms with van der Waals surface area (Å²) in [6.07, 6.45) is 4.97. The Balaban J connectivity index is 1.47. The Hall–Kier alpha value is -1.27. The van der Waals surface area contributed by atoms with Gasteiger partial charge >= 0.3 is 6.03 Å². The van der Waals surface area contributed by atoms with Crippen LogP contribution in [0.4, 0.5) is 10.5 Å². The Labute approximate surface area is 150 Å². The first-order valence-electron chi connectivity index (χ1n) is 8.63. The third-order valence-electron chi connectivity index (χ3n) is 5.83. The molecule has 3 aliphatic rings. The maximum Gasteiger partial charge on any atom is 0.322 e. The molecule has 1 aromatic rings. The van der Waals surface area contributed by atoms with E-state index in [0.717, 1.165) is 28.2 Å². The van der Waals surface area contributed by atoms with Crippen LogP contribution in [0.15, 0.2) is 22.7 Å². The maximum absolute atomic E-state index is 12.8. The van der Waals surface area contributed by atoms with Gasteiger partial charge in [-0.2, -0.15) is 0 Å². The number of carbonyl (C=O) groups is 1. The second kappa shape index (κ2) is 6.23. The number of carbonyl (C=O) groups excluding carboxylic acids is 1. The first kappa shape index (κ1) is 16.2. The molecule has 1 aliphatic heterocycles. The fraction of sp³-hybridized carbons (Fsp3) is 0.611. The van der Waals surface area contributed by atoms with Gasteiger partial charge in [0.2, 0.25) is 0 Å². The van der Waals surface area contributed by atoms with Crippen LogP contribution in [0.25, 0.3) is 0 Å². The van der Waals surface area contributed by atoms with Gasteiger partial charge in [0.15, 0.2) is 0 Å². The van der Waals surface area contributed by atoms with Crippen LogP contribution in [-0.2, 0) is 4.74 Å². The molecule has 4 rings (SSSR count). The molecule has 1 heterocycles. The molecular formula is C18H23BrN2O3. The van der Waals surface area contributed by atoms with Gasteiger partial charge in [0.05, 0.1) is 31.5 Å². The van der Waals surface area contributed by atoms with E-state index in [4.69, 9.17) is 9.47 Å². The van der Waals surface area contributed by atoms with Crippen LogP contribution < -0.4 is 10.1 Å². The number of methoxy groups -OCH3 is 1. The molecule has 0 aromatic heterocycles. The van der Waals surface area contributed by atoms with Crippen molar-refractivity contribution in [3.8, 4) is 5.75 Å². The van der Waals surface area contributed by atoms with Gasteiger partial charge in [-0.25, -0.2) is 4.79 Å². The van der Waals surface area contributed by atoms with Crippen molar-refractivity contribution in [1.82, 2.24) is 4.90 Å². The summed E-state index contributed by atoms with van der Waals surface area (Å²) in [6, 6.07) is 5.51. The summed E-state index contributed by atoms with van der Waals surface area (Å²) in [5.74, 6) is 2.15. The average Bonchev–Trinajstić information content (AvgIpc) is 3.18. The van der Waals surface area contributed by atoms with E-state index in [1.54, 1.807) is 7.11 Å². The molecule has 6 heteroatoms. The van der Waals surface area contributed by atoms with E-state index in [0.29, 0.717) is 25.6 Å². The highest BCUT2D eigenvalue weighted by Gasteiger charge is 2.54. The number of anilines is 1. The zero-order valence-corrected chi connectivity index (χ0v) is 15.5. The van der Waals surface area contributed by atoms with Gasteiger partial charge < -0.3 is 19.7 Å². The monoisotopic (exact) mass is 394 g/mol. The fourth-order valence-electron chi connectivity index (χ4n) is 4.67. The van der Waals surface area contributed by atoms with E-state index in [2.05, 4.69) is 21.2 Å². The van der Waals surface area contributed by atoms with Gasteiger partial charge in [-0.1, -0.05) is 0 Å². The number of amides is 2. The number of rotatable bonds is 2. The summed E-state index contributed by atoms with van der Waals surface area (Å²) in [5.41, 5.74) is 0.636. The summed E-state index contributed by atoms with van der Waals surface area (Å²) in [4.78, 5) is 14.7. The van der Waals surface area contributed by atoms with E-state index < -0.39 is 0 Å². The number of benzene rings is 1. The predicted octanol–water partition coefficient (Wildman–Crippen LogP) is 3.88. The number of nitrogens with zero attached hydrogens (tertiary/aromatic N) is 1. The van der Waals surface area contributed by atoms with Crippen molar-refractivity contribution in [2.24, 2.45) is 11.8 Å². The molecule has 2 bridgehead atoms. The summed E-state index contributed by atoms with van der Waals surface area (Å²) in [6.45, 7) is 1.99. The lowest BCUT2D eigenvalue weighted by Crippen LogP contribution is -2.57. The van der Waals surface area contributed by atoms with E-state index in [-0.39, 0.29) is 11.6 Å². The molecule has 0 radical (unpaired) electrons. The normalized spacial score (nSPS) is 31.5. The molecule has 1 saturated heterocycles. The molecule has 130 valence electrons. The number of hydrogen-bond donors (Lipinski definition) is 1. The third kappa shape index (κ3) is 2.80. The Kier molecular flexibility index (Phi) is 4.21. The van der Waals surface area contributed by atoms with E-state index in [1.165, 1.54) is 19.3 Å². The molecule has 2 saturated carbocycles. The minimum atomic E-state index is -0.0931. The first-order chi connectivity index (χ1) is 11.6. The number of ether oxygens (including phenoxy) is 2. The number of nitrogens with one attached hydrogen (secondary N) is 1. The van der Waals surface area contributed by atoms with Crippen LogP contribution in [-0.4, -0.2) is 43.3 Å². The average molecular weight is 395 g/mol. The Morgan fingerprint density at radius 1 is 1.46 bits per heavy atom. The largest absolute Gasteiger partial charge is 0.497 e. The molecular weight excluding hydrogens is 372 g/mol. The molecule has 2 amide bonds. The van der Waals surface area contributed by atoms with E-state index in [1.807, 2.05) is 23.1 Å². The number of fused-ring (bicyclic) bond motifs is 3. The Bertz CT molecular complexity index is 653. The number of halogens is 1. The minimum Gasteiger partial charge on any atom is -0.497 e. The van der Waals surface area contributed by atoms with Gasteiger partial charge in [-0.15, -0.1) is 0 Å². The second-order valence-corrected chi connectivity index (χ2v) is 8.05. The third-order valence-corrected chi connectivity index (χ3v) is 6.52. The van der Waals surface area contributed by atoms with Crippen molar-refractivity contribution in [2.75, 3.05) is 32.1 Å². The molecule has 2 aliphatic carbocycles. The van der Waals surface area contributed by atoms with Crippen molar-refractivity contribution in [3.05, 3.63) is 22.7 Å². The molecule has 5 nitrogen and oxygen atoms in total. The summed E-state index contributed by atoms with van der Waals surface area (Å²) in [7, 11) is 1.62. The van der Waals surface area contributed by atoms with Crippen LogP contribution >= 0.6 is 15.9 Å². The van der Waals surface area contributed by atoms with Gasteiger partial charge in [-0.3, -0.25) is 0 Å². The lowest BCUT2D eigenvalue weighted by atomic mass is 9.83. The summed E-state index contributed by atoms with van der Waals surface area (Å²) in [5, 5.41) is 3.01. The Morgan fingerprint density at radius 2 is 2.33 bits per heavy atom. The van der Waals surface area contributed by atoms with Crippen LogP contribution in [0, 0.1) is 11.8 Å². The molecule has 1 aromatic carbocycles. The zero-order chi connectivity index (χ0) is 16.7. The lowest BCUT2D eigenvalue weighted by molar-refractivity contribution is -0.126. The molecule has 1 N–H and O–H groups in total. The fourth-order valence-corrected chi connectivity index (χ4v) is 5.01. The highest BCUT2D eigenvalue weighted by molar-refractivity contribution is 9.10. The van der Waals surface area contributed by atoms with Crippen LogP contribution in [0.2, 0.25) is 0 Å². The van der Waals surface area contributed by atoms with Crippen molar-refractivity contribution in [1.29, 1.82) is 0 Å². The first-order valence-corrected chi connectivity index (χ1v) is 9.42. The molecule has 3 fully saturated rings. The van der Waals surface area contributed by atoms with Crippen molar-refractivity contribution < 1.29 is 14.3 Å². The number of hydrogen-bond acceptors (Lipinski definition) is 3. The standard InChI is InChI=1S/C18H23BrN2O3/c1-23-14-4-5-15(19)16(9-14)20-17(22)21-6-7-24-18(11-21)10-12-2-3-13(18)8-12/h4-5,9,12-13H,2-3,6-8,10-11H2,1H3,(H,20,22)/t12-,13-,18+/m0/s1. The topological polar surface area (TPSA) is 50.8 Å². The van der Waals surface area contributed by atoms with Gasteiger partial charge in [-0.05, 0) is 65.6 Å². The minimum absolute atomic E-state index is 0.0607. The van der Waals surface area contributed by atoms with Crippen molar-refractivity contribution in [3.63, 3.8) is 0 Å². The SMILES string of the molecule is COc1ccc(Br)c(NC(=O)N2CCO[C@]3(C[C@H]4CC[C@H]3C4)C2)c1. The number of morpholine rings is 1. The molecule has 1 spiro atoms. The molecule has 3 atom stereocenters. The molecule has 24 heavy (non-hydrogen) atoms. The highest BCUT2D eigenvalue weighted by atomic mass is 79.9. The zero-order valence-electron chi connectivity index (χ0n) is 13.9. The Morgan fingerprint density at radius 3 is 3.04 bits per heavy atom. The van der Waals surface area contributed by atoms with Crippen molar-refractivity contribution in [2.45, 2.75) is 31.3 Å². The van der Waals surface area contributed by atoms with E-state index in [9.17, 15) is 4.79 Å². The van der Waals surface area contributed by atoms with E-state index >= 15 is 0 Å². The summed E-state index contributed by atoms with van der Waals surface area (Å²) >= 11 is 3.48. The second-order valence-electron chi connectivity index (χ2n) is 7.19. The van der Waals surface area contributed by atoms with Crippen LogP contribution in [0.3, 0.4) is 0 Å². The van der Waals surface area contributed by atoms with Gasteiger partial charge in [0.25, 0.3) is 0 Å². The predicted molar refractivity (Wildman–Crippen MR) is 95.4 cm³/mol. The summed E-state index contributed by atoms with van der Waals surface area (Å²) < 4.78 is 12.3. The van der Waals surface area contributed by atoms with Crippen molar-refractivity contribution >= 4 is 27.6 Å². The maximum atomic E-state index is 12.8. The smallest absolute Gasteiger partial charge is 0.322 e. The number of urea groups is 1. The van der Waals surface area contributed by atoms with Crippen LogP contribution in [0.5, 0.6) is 5.75 Å². The van der Waals surface area contributed by atoms with Gasteiger partial charge in [0.1, 0.15) is 5.75 Å². The highest BCUT2D eigenvalue weighted by Crippen LogP contribution is 2.53. The van der Waals surface area contributed by atoms with Gasteiger partial charge in [0, 0.05) is 17.1 Å². The molecule has 0 unspecified atom stereocenters. The lowest BCUT2D eigenvalue weighted by Gasteiger charge is -2.45. The quantitative estimate of drug-likeness (QED) is 0.827. The van der Waals surface area contributed by atoms with Crippen LogP contribution in [0.1, 0.15) is 25.7 Å².